The number of methoxy groups -OCH3 is 1. The van der Waals surface area contributed by atoms with E-state index in [-0.39, 0.29) is 30.0 Å². The van der Waals surface area contributed by atoms with E-state index >= 15 is 0 Å². The van der Waals surface area contributed by atoms with Crippen LogP contribution in [0.2, 0.25) is 0 Å². The molecule has 0 saturated heterocycles. The molecule has 0 fully saturated rings. The Morgan fingerprint density at radius 2 is 2.35 bits per heavy atom. The second-order valence-electron chi connectivity index (χ2n) is 3.48. The van der Waals surface area contributed by atoms with Gasteiger partial charge in [-0.1, -0.05) is 4.49 Å². The van der Waals surface area contributed by atoms with Crippen LogP contribution >= 0.6 is 35.5 Å². The van der Waals surface area contributed by atoms with E-state index in [0.29, 0.717) is 19.1 Å². The van der Waals surface area contributed by atoms with Gasteiger partial charge < -0.3 is 15.8 Å². The molecule has 0 spiro atoms. The van der Waals surface area contributed by atoms with Crippen LogP contribution < -0.4 is 11.1 Å². The molecule has 0 aliphatic carbocycles. The lowest BCUT2D eigenvalue weighted by Crippen LogP contribution is -2.40. The highest BCUT2D eigenvalue weighted by Gasteiger charge is 2.04. The molecule has 0 bridgehead atoms. The molecule has 1 atom stereocenters. The van der Waals surface area contributed by atoms with Crippen LogP contribution in [0, 0.1) is 6.92 Å². The van der Waals surface area contributed by atoms with Crippen molar-refractivity contribution >= 4 is 41.5 Å². The molecule has 0 aliphatic heterocycles. The van der Waals surface area contributed by atoms with Gasteiger partial charge in [-0.05, 0) is 25.4 Å². The Bertz CT molecular complexity index is 357. The molecule has 0 aromatic carbocycles. The maximum Gasteiger partial charge on any atom is 0.189 e. The first-order chi connectivity index (χ1) is 7.63. The Balaban J connectivity index is 0.00000256. The van der Waals surface area contributed by atoms with Crippen molar-refractivity contribution in [2.24, 2.45) is 10.7 Å². The molecule has 0 amide bonds. The molecule has 1 unspecified atom stereocenters. The van der Waals surface area contributed by atoms with E-state index < -0.39 is 0 Å². The number of ether oxygens (including phenoxy) is 1. The zero-order valence-electron chi connectivity index (χ0n) is 10.1. The number of guanidine groups is 1. The fourth-order valence-electron chi connectivity index (χ4n) is 1.14. The summed E-state index contributed by atoms with van der Waals surface area (Å²) in [5.74, 6) is 0.414. The third kappa shape index (κ3) is 6.13. The van der Waals surface area contributed by atoms with Crippen molar-refractivity contribution in [2.45, 2.75) is 26.4 Å². The highest BCUT2D eigenvalue weighted by molar-refractivity contribution is 14.0. The van der Waals surface area contributed by atoms with Gasteiger partial charge in [0.05, 0.1) is 23.7 Å². The molecule has 6 nitrogen and oxygen atoms in total. The van der Waals surface area contributed by atoms with Gasteiger partial charge in [-0.15, -0.1) is 29.1 Å². The number of nitrogens with one attached hydrogen (secondary N) is 1. The third-order valence-corrected chi connectivity index (χ3v) is 2.76. The summed E-state index contributed by atoms with van der Waals surface area (Å²) < 4.78 is 8.81. The normalized spacial score (nSPS) is 13.0. The molecule has 1 heterocycles. The van der Waals surface area contributed by atoms with E-state index in [2.05, 4.69) is 19.9 Å². The number of halogens is 1. The Hall–Kier alpha value is -0.480. The Kier molecular flexibility index (Phi) is 8.35. The smallest absolute Gasteiger partial charge is 0.189 e. The van der Waals surface area contributed by atoms with Crippen LogP contribution in [0.25, 0.3) is 0 Å². The summed E-state index contributed by atoms with van der Waals surface area (Å²) >= 11 is 1.34. The van der Waals surface area contributed by atoms with E-state index in [1.165, 1.54) is 11.5 Å². The molecule has 1 aromatic rings. The lowest BCUT2D eigenvalue weighted by Gasteiger charge is -2.12. The van der Waals surface area contributed by atoms with Crippen LogP contribution in [0.3, 0.4) is 0 Å². The van der Waals surface area contributed by atoms with Gasteiger partial charge in [0.2, 0.25) is 0 Å². The van der Waals surface area contributed by atoms with E-state index in [1.807, 2.05) is 13.8 Å². The highest BCUT2D eigenvalue weighted by Crippen LogP contribution is 2.09. The minimum Gasteiger partial charge on any atom is -0.383 e. The van der Waals surface area contributed by atoms with Gasteiger partial charge in [0.25, 0.3) is 0 Å². The van der Waals surface area contributed by atoms with Crippen molar-refractivity contribution in [3.63, 3.8) is 0 Å². The van der Waals surface area contributed by atoms with E-state index in [9.17, 15) is 0 Å². The summed E-state index contributed by atoms with van der Waals surface area (Å²) in [5.41, 5.74) is 6.63. The molecule has 1 rings (SSSR count). The molecule has 98 valence electrons. The quantitative estimate of drug-likeness (QED) is 0.457. The predicted octanol–water partition coefficient (Wildman–Crippen LogP) is 0.904. The number of nitrogens with zero attached hydrogens (tertiary/aromatic N) is 3. The minimum atomic E-state index is 0. The summed E-state index contributed by atoms with van der Waals surface area (Å²) in [6.45, 7) is 5.00. The average Bonchev–Trinajstić information content (AvgIpc) is 2.61. The Morgan fingerprint density at radius 3 is 2.88 bits per heavy atom. The zero-order valence-corrected chi connectivity index (χ0v) is 13.3. The molecule has 1 aromatic heterocycles. The lowest BCUT2D eigenvalue weighted by atomic mass is 10.4. The molecule has 0 radical (unpaired) electrons. The number of rotatable bonds is 5. The van der Waals surface area contributed by atoms with Gasteiger partial charge in [-0.25, -0.2) is 4.99 Å². The average molecular weight is 371 g/mol. The number of hydrogen-bond donors (Lipinski definition) is 2. The van der Waals surface area contributed by atoms with E-state index in [0.717, 1.165) is 10.6 Å². The zero-order chi connectivity index (χ0) is 12.0. The first-order valence-corrected chi connectivity index (χ1v) is 5.74. The van der Waals surface area contributed by atoms with Gasteiger partial charge in [-0.3, -0.25) is 0 Å². The second kappa shape index (κ2) is 8.59. The van der Waals surface area contributed by atoms with Gasteiger partial charge in [-0.2, -0.15) is 0 Å². The monoisotopic (exact) mass is 371 g/mol. The fourth-order valence-corrected chi connectivity index (χ4v) is 1.70. The van der Waals surface area contributed by atoms with Crippen LogP contribution in [0.15, 0.2) is 4.99 Å². The number of hydrogen-bond acceptors (Lipinski definition) is 5. The molecule has 3 N–H and O–H groups in total. The second-order valence-corrected chi connectivity index (χ2v) is 4.32. The molecule has 17 heavy (non-hydrogen) atoms. The molecular formula is C9H18IN5OS. The fraction of sp³-hybridized carbons (Fsp3) is 0.667. The topological polar surface area (TPSA) is 85.4 Å². The maximum atomic E-state index is 5.72. The van der Waals surface area contributed by atoms with E-state index in [4.69, 9.17) is 10.5 Å². The largest absolute Gasteiger partial charge is 0.383 e. The number of aliphatic imine (C=N–C) groups is 1. The molecular weight excluding hydrogens is 353 g/mol. The number of nitrogens with two attached hydrogens (primary N) is 1. The van der Waals surface area contributed by atoms with Gasteiger partial charge >= 0.3 is 0 Å². The first kappa shape index (κ1) is 16.5. The maximum absolute atomic E-state index is 5.72. The molecule has 0 aliphatic rings. The summed E-state index contributed by atoms with van der Waals surface area (Å²) in [7, 11) is 1.65. The van der Waals surface area contributed by atoms with Crippen LogP contribution in [-0.4, -0.2) is 35.3 Å². The van der Waals surface area contributed by atoms with Crippen LogP contribution in [0.4, 0.5) is 0 Å². The Labute approximate surface area is 122 Å². The van der Waals surface area contributed by atoms with Crippen LogP contribution in [0.1, 0.15) is 17.5 Å². The summed E-state index contributed by atoms with van der Waals surface area (Å²) in [5, 5.41) is 6.93. The van der Waals surface area contributed by atoms with Crippen molar-refractivity contribution < 1.29 is 4.74 Å². The van der Waals surface area contributed by atoms with Crippen molar-refractivity contribution in [3.05, 3.63) is 10.6 Å². The first-order valence-electron chi connectivity index (χ1n) is 4.96. The molecule has 0 saturated carbocycles. The van der Waals surface area contributed by atoms with Crippen LogP contribution in [0.5, 0.6) is 0 Å². The standard InChI is InChI=1S/C9H17N5OS.HI/c1-6(5-15-3)12-9(10)11-4-8-7(2)13-14-16-8;/h6H,4-5H2,1-3H3,(H3,10,11,12);1H. The predicted molar refractivity (Wildman–Crippen MR) is 79.9 cm³/mol. The SMILES string of the molecule is COCC(C)NC(N)=NCc1snnc1C.I. The van der Waals surface area contributed by atoms with Gasteiger partial charge in [0, 0.05) is 13.2 Å². The van der Waals surface area contributed by atoms with Gasteiger partial charge in [0.15, 0.2) is 5.96 Å². The third-order valence-electron chi connectivity index (χ3n) is 1.95. The van der Waals surface area contributed by atoms with Crippen molar-refractivity contribution in [1.29, 1.82) is 0 Å². The summed E-state index contributed by atoms with van der Waals surface area (Å²) in [6, 6.07) is 0.148. The lowest BCUT2D eigenvalue weighted by molar-refractivity contribution is 0.179. The van der Waals surface area contributed by atoms with E-state index in [1.54, 1.807) is 7.11 Å². The van der Waals surface area contributed by atoms with Crippen molar-refractivity contribution in [1.82, 2.24) is 14.9 Å². The molecule has 8 heteroatoms. The summed E-state index contributed by atoms with van der Waals surface area (Å²) in [6.07, 6.45) is 0. The van der Waals surface area contributed by atoms with Gasteiger partial charge in [0.1, 0.15) is 0 Å². The van der Waals surface area contributed by atoms with Crippen LogP contribution in [-0.2, 0) is 11.3 Å². The minimum absolute atomic E-state index is 0. The van der Waals surface area contributed by atoms with Crippen molar-refractivity contribution in [2.75, 3.05) is 13.7 Å². The van der Waals surface area contributed by atoms with Crippen molar-refractivity contribution in [3.8, 4) is 0 Å². The number of aromatic nitrogens is 2. The summed E-state index contributed by atoms with van der Waals surface area (Å²) in [4.78, 5) is 5.24. The Morgan fingerprint density at radius 1 is 1.65 bits per heavy atom. The number of aryl methyl sites for hydroxylation is 1. The highest BCUT2D eigenvalue weighted by atomic mass is 127.